The molecule has 1 aliphatic heterocycles. The SMILES string of the molecule is O=C(O)c1cccc(CNCOS(=O)(=O)CCN2CCOCC2)c1. The van der Waals surface area contributed by atoms with Crippen LogP contribution in [0, 0.1) is 0 Å². The van der Waals surface area contributed by atoms with E-state index < -0.39 is 16.1 Å². The minimum absolute atomic E-state index is 0.0663. The number of nitrogens with zero attached hydrogens (tertiary/aromatic N) is 1. The van der Waals surface area contributed by atoms with Gasteiger partial charge in [0.05, 0.1) is 24.5 Å². The van der Waals surface area contributed by atoms with E-state index in [1.807, 2.05) is 4.90 Å². The molecule has 1 saturated heterocycles. The molecule has 1 aliphatic rings. The van der Waals surface area contributed by atoms with Crippen LogP contribution in [0.2, 0.25) is 0 Å². The highest BCUT2D eigenvalue weighted by atomic mass is 32.2. The average Bonchev–Trinajstić information content (AvgIpc) is 2.58. The summed E-state index contributed by atoms with van der Waals surface area (Å²) in [6.07, 6.45) is 0. The number of ether oxygens (including phenoxy) is 1. The Hall–Kier alpha value is -1.52. The number of hydrogen-bond donors (Lipinski definition) is 2. The van der Waals surface area contributed by atoms with Gasteiger partial charge in [0, 0.05) is 26.2 Å². The predicted octanol–water partition coefficient (Wildman–Crippen LogP) is 0.111. The maximum atomic E-state index is 11.8. The number of carboxylic acid groups (broad SMARTS) is 1. The van der Waals surface area contributed by atoms with E-state index in [4.69, 9.17) is 14.0 Å². The highest BCUT2D eigenvalue weighted by Gasteiger charge is 2.16. The van der Waals surface area contributed by atoms with E-state index in [2.05, 4.69) is 5.32 Å². The lowest BCUT2D eigenvalue weighted by Gasteiger charge is -2.26. The third kappa shape index (κ3) is 6.54. The summed E-state index contributed by atoms with van der Waals surface area (Å²) >= 11 is 0. The Balaban J connectivity index is 1.68. The van der Waals surface area contributed by atoms with Gasteiger partial charge in [0.15, 0.2) is 0 Å². The molecule has 0 spiro atoms. The van der Waals surface area contributed by atoms with Gasteiger partial charge in [-0.1, -0.05) is 12.1 Å². The van der Waals surface area contributed by atoms with Crippen molar-refractivity contribution in [2.45, 2.75) is 6.54 Å². The molecule has 0 saturated carbocycles. The summed E-state index contributed by atoms with van der Waals surface area (Å²) in [5, 5.41) is 11.8. The topological polar surface area (TPSA) is 105 Å². The number of rotatable bonds is 9. The number of carboxylic acids is 1. The molecule has 9 heteroatoms. The Morgan fingerprint density at radius 1 is 1.33 bits per heavy atom. The number of benzene rings is 1. The Labute approximate surface area is 141 Å². The van der Waals surface area contributed by atoms with E-state index in [1.54, 1.807) is 12.1 Å². The van der Waals surface area contributed by atoms with E-state index >= 15 is 0 Å². The van der Waals surface area contributed by atoms with Crippen LogP contribution in [0.25, 0.3) is 0 Å². The van der Waals surface area contributed by atoms with Crippen LogP contribution in [0.1, 0.15) is 15.9 Å². The van der Waals surface area contributed by atoms with Crippen molar-refractivity contribution < 1.29 is 27.2 Å². The lowest BCUT2D eigenvalue weighted by atomic mass is 10.1. The zero-order valence-corrected chi connectivity index (χ0v) is 14.1. The second kappa shape index (κ2) is 9.09. The molecule has 1 aromatic rings. The van der Waals surface area contributed by atoms with E-state index in [-0.39, 0.29) is 18.0 Å². The maximum absolute atomic E-state index is 11.8. The molecule has 8 nitrogen and oxygen atoms in total. The van der Waals surface area contributed by atoms with Crippen molar-refractivity contribution in [3.63, 3.8) is 0 Å². The molecule has 0 aromatic heterocycles. The molecule has 0 radical (unpaired) electrons. The van der Waals surface area contributed by atoms with Gasteiger partial charge in [0.1, 0.15) is 6.73 Å². The minimum atomic E-state index is -3.60. The second-order valence-corrected chi connectivity index (χ2v) is 7.17. The van der Waals surface area contributed by atoms with E-state index in [0.29, 0.717) is 26.3 Å². The number of morpholine rings is 1. The number of aromatic carboxylic acids is 1. The first kappa shape index (κ1) is 18.8. The molecular weight excluding hydrogens is 336 g/mol. The molecule has 1 aromatic carbocycles. The van der Waals surface area contributed by atoms with Crippen LogP contribution < -0.4 is 5.32 Å². The summed E-state index contributed by atoms with van der Waals surface area (Å²) in [5.41, 5.74) is 0.928. The molecule has 0 aliphatic carbocycles. The molecule has 1 heterocycles. The van der Waals surface area contributed by atoms with Gasteiger partial charge in [-0.15, -0.1) is 0 Å². The van der Waals surface area contributed by atoms with Gasteiger partial charge in [0.25, 0.3) is 10.1 Å². The zero-order chi connectivity index (χ0) is 17.4. The average molecular weight is 358 g/mol. The van der Waals surface area contributed by atoms with Gasteiger partial charge >= 0.3 is 5.97 Å². The van der Waals surface area contributed by atoms with Crippen LogP contribution >= 0.6 is 0 Å². The van der Waals surface area contributed by atoms with E-state index in [0.717, 1.165) is 18.7 Å². The van der Waals surface area contributed by atoms with Gasteiger partial charge < -0.3 is 9.84 Å². The largest absolute Gasteiger partial charge is 0.478 e. The summed E-state index contributed by atoms with van der Waals surface area (Å²) in [6, 6.07) is 6.42. The quantitative estimate of drug-likeness (QED) is 0.364. The second-order valence-electron chi connectivity index (χ2n) is 5.41. The van der Waals surface area contributed by atoms with E-state index in [9.17, 15) is 13.2 Å². The Bertz CT molecular complexity index is 643. The number of nitrogens with one attached hydrogen (secondary N) is 1. The molecule has 134 valence electrons. The third-order valence-corrected chi connectivity index (χ3v) is 4.76. The van der Waals surface area contributed by atoms with Crippen molar-refractivity contribution in [2.24, 2.45) is 0 Å². The molecule has 2 rings (SSSR count). The Morgan fingerprint density at radius 2 is 2.08 bits per heavy atom. The summed E-state index contributed by atoms with van der Waals surface area (Å²) in [7, 11) is -3.60. The van der Waals surface area contributed by atoms with Crippen LogP contribution in [0.4, 0.5) is 0 Å². The lowest BCUT2D eigenvalue weighted by molar-refractivity contribution is 0.0405. The van der Waals surface area contributed by atoms with Gasteiger partial charge in [-0.25, -0.2) is 4.79 Å². The maximum Gasteiger partial charge on any atom is 0.335 e. The predicted molar refractivity (Wildman–Crippen MR) is 87.2 cm³/mol. The monoisotopic (exact) mass is 358 g/mol. The van der Waals surface area contributed by atoms with Crippen molar-refractivity contribution in [2.75, 3.05) is 45.3 Å². The van der Waals surface area contributed by atoms with Crippen LogP contribution in [0.5, 0.6) is 0 Å². The molecular formula is C15H22N2O6S. The summed E-state index contributed by atoms with van der Waals surface area (Å²) in [6.45, 7) is 3.30. The van der Waals surface area contributed by atoms with Gasteiger partial charge in [0.2, 0.25) is 0 Å². The molecule has 1 fully saturated rings. The van der Waals surface area contributed by atoms with E-state index in [1.165, 1.54) is 12.1 Å². The Morgan fingerprint density at radius 3 is 2.79 bits per heavy atom. The van der Waals surface area contributed by atoms with Crippen LogP contribution in [0.3, 0.4) is 0 Å². The molecule has 0 unspecified atom stereocenters. The van der Waals surface area contributed by atoms with Crippen molar-refractivity contribution >= 4 is 16.1 Å². The van der Waals surface area contributed by atoms with Crippen molar-refractivity contribution in [1.82, 2.24) is 10.2 Å². The summed E-state index contributed by atoms with van der Waals surface area (Å²) < 4.78 is 33.8. The van der Waals surface area contributed by atoms with Gasteiger partial charge in [-0.3, -0.25) is 14.4 Å². The fourth-order valence-corrected chi connectivity index (χ4v) is 3.13. The fourth-order valence-electron chi connectivity index (χ4n) is 2.27. The van der Waals surface area contributed by atoms with Crippen molar-refractivity contribution in [1.29, 1.82) is 0 Å². The van der Waals surface area contributed by atoms with Gasteiger partial charge in [-0.05, 0) is 17.7 Å². The molecule has 24 heavy (non-hydrogen) atoms. The summed E-state index contributed by atoms with van der Waals surface area (Å²) in [5.74, 6) is -1.07. The first-order valence-electron chi connectivity index (χ1n) is 7.66. The standard InChI is InChI=1S/C15H22N2O6S/c18-15(19)14-3-1-2-13(10-14)11-16-12-23-24(20,21)9-6-17-4-7-22-8-5-17/h1-3,10,16H,4-9,11-12H2,(H,18,19). The first-order valence-corrected chi connectivity index (χ1v) is 9.24. The molecule has 0 amide bonds. The Kier molecular flexibility index (Phi) is 7.13. The van der Waals surface area contributed by atoms with Crippen LogP contribution in [-0.4, -0.2) is 69.7 Å². The van der Waals surface area contributed by atoms with Crippen LogP contribution in [-0.2, 0) is 25.6 Å². The highest BCUT2D eigenvalue weighted by Crippen LogP contribution is 2.05. The first-order chi connectivity index (χ1) is 11.5. The number of carbonyl (C=O) groups is 1. The lowest BCUT2D eigenvalue weighted by Crippen LogP contribution is -2.39. The van der Waals surface area contributed by atoms with Gasteiger partial charge in [-0.2, -0.15) is 8.42 Å². The highest BCUT2D eigenvalue weighted by molar-refractivity contribution is 7.86. The summed E-state index contributed by atoms with van der Waals surface area (Å²) in [4.78, 5) is 12.9. The molecule has 0 bridgehead atoms. The smallest absolute Gasteiger partial charge is 0.335 e. The zero-order valence-electron chi connectivity index (χ0n) is 13.3. The molecule has 0 atom stereocenters. The number of hydrogen-bond acceptors (Lipinski definition) is 7. The van der Waals surface area contributed by atoms with Crippen molar-refractivity contribution in [3.8, 4) is 0 Å². The van der Waals surface area contributed by atoms with Crippen LogP contribution in [0.15, 0.2) is 24.3 Å². The normalized spacial score (nSPS) is 16.2. The molecule has 2 N–H and O–H groups in total. The van der Waals surface area contributed by atoms with Crippen molar-refractivity contribution in [3.05, 3.63) is 35.4 Å². The minimum Gasteiger partial charge on any atom is -0.478 e. The fraction of sp³-hybridized carbons (Fsp3) is 0.533. The third-order valence-electron chi connectivity index (χ3n) is 3.60.